The fourth-order valence-electron chi connectivity index (χ4n) is 3.34. The van der Waals surface area contributed by atoms with Crippen molar-refractivity contribution in [1.29, 1.82) is 0 Å². The van der Waals surface area contributed by atoms with Gasteiger partial charge < -0.3 is 24.5 Å². The van der Waals surface area contributed by atoms with Crippen LogP contribution >= 0.6 is 0 Å². The third-order valence-electron chi connectivity index (χ3n) is 4.99. The van der Waals surface area contributed by atoms with Gasteiger partial charge >= 0.3 is 0 Å². The lowest BCUT2D eigenvalue weighted by molar-refractivity contribution is -0.111. The number of rotatable bonds is 7. The summed E-state index contributed by atoms with van der Waals surface area (Å²) in [7, 11) is 3.07. The molecule has 0 aliphatic heterocycles. The molecule has 0 saturated carbocycles. The third-order valence-corrected chi connectivity index (χ3v) is 4.99. The number of para-hydroxylation sites is 1. The van der Waals surface area contributed by atoms with Gasteiger partial charge in [0, 0.05) is 17.1 Å². The van der Waals surface area contributed by atoms with Crippen molar-refractivity contribution in [3.05, 3.63) is 89.9 Å². The van der Waals surface area contributed by atoms with Crippen molar-refractivity contribution in [3.63, 3.8) is 0 Å². The van der Waals surface area contributed by atoms with Crippen molar-refractivity contribution in [3.8, 4) is 11.5 Å². The van der Waals surface area contributed by atoms with Crippen molar-refractivity contribution < 1.29 is 27.9 Å². The minimum absolute atomic E-state index is 0.0709. The van der Waals surface area contributed by atoms with E-state index in [4.69, 9.17) is 13.9 Å². The van der Waals surface area contributed by atoms with Crippen LogP contribution in [0.1, 0.15) is 16.1 Å². The average Bonchev–Trinajstić information content (AvgIpc) is 3.22. The van der Waals surface area contributed by atoms with E-state index in [1.165, 1.54) is 37.5 Å². The Balaban J connectivity index is 1.58. The lowest BCUT2D eigenvalue weighted by Gasteiger charge is -2.08. The summed E-state index contributed by atoms with van der Waals surface area (Å²) in [5.41, 5.74) is 1.78. The van der Waals surface area contributed by atoms with E-state index in [-0.39, 0.29) is 11.4 Å². The second kappa shape index (κ2) is 9.91. The Morgan fingerprint density at radius 2 is 1.65 bits per heavy atom. The number of anilines is 2. The molecule has 4 aromatic rings. The number of carbonyl (C=O) groups excluding carboxylic acids is 2. The summed E-state index contributed by atoms with van der Waals surface area (Å²) < 4.78 is 29.4. The molecule has 8 heteroatoms. The summed E-state index contributed by atoms with van der Waals surface area (Å²) in [6, 6.07) is 17.5. The number of carbonyl (C=O) groups is 2. The normalized spacial score (nSPS) is 10.9. The molecule has 2 N–H and O–H groups in total. The van der Waals surface area contributed by atoms with Gasteiger partial charge in [-0.2, -0.15) is 0 Å². The predicted molar refractivity (Wildman–Crippen MR) is 128 cm³/mol. The number of fused-ring (bicyclic) bond motifs is 1. The third kappa shape index (κ3) is 4.91. The predicted octanol–water partition coefficient (Wildman–Crippen LogP) is 5.49. The van der Waals surface area contributed by atoms with Gasteiger partial charge in [-0.05, 0) is 60.2 Å². The van der Waals surface area contributed by atoms with Crippen molar-refractivity contribution in [2.75, 3.05) is 24.9 Å². The van der Waals surface area contributed by atoms with Crippen LogP contribution in [-0.4, -0.2) is 26.0 Å². The molecule has 0 radical (unpaired) electrons. The molecule has 34 heavy (non-hydrogen) atoms. The topological polar surface area (TPSA) is 89.8 Å². The number of ether oxygens (including phenoxy) is 2. The molecular weight excluding hydrogens is 439 g/mol. The monoisotopic (exact) mass is 460 g/mol. The number of furan rings is 1. The molecule has 2 amide bonds. The van der Waals surface area contributed by atoms with Crippen molar-refractivity contribution in [2.45, 2.75) is 0 Å². The fraction of sp³-hybridized carbons (Fsp3) is 0.0769. The van der Waals surface area contributed by atoms with Gasteiger partial charge in [-0.1, -0.05) is 18.2 Å². The Labute approximate surface area is 194 Å². The van der Waals surface area contributed by atoms with Gasteiger partial charge in [0.1, 0.15) is 17.1 Å². The first kappa shape index (κ1) is 22.6. The maximum atomic E-state index is 13.2. The molecule has 0 spiro atoms. The van der Waals surface area contributed by atoms with Crippen LogP contribution in [-0.2, 0) is 4.79 Å². The zero-order valence-corrected chi connectivity index (χ0v) is 18.4. The number of hydrogen-bond donors (Lipinski definition) is 2. The van der Waals surface area contributed by atoms with E-state index in [9.17, 15) is 14.0 Å². The van der Waals surface area contributed by atoms with Crippen LogP contribution in [0, 0.1) is 5.82 Å². The molecule has 0 fully saturated rings. The van der Waals surface area contributed by atoms with E-state index in [2.05, 4.69) is 10.6 Å². The highest BCUT2D eigenvalue weighted by atomic mass is 19.1. The van der Waals surface area contributed by atoms with Crippen LogP contribution in [0.2, 0.25) is 0 Å². The molecule has 1 heterocycles. The standard InChI is InChI=1S/C26H21FN2O5/c1-32-21-13-7-16(15-22(21)33-2)8-14-23(30)29-24-19-5-3-4-6-20(19)34-25(24)26(31)28-18-11-9-17(27)10-12-18/h3-15H,1-2H3,(H,28,31)(H,29,30)/b14-8-. The Bertz CT molecular complexity index is 1380. The quantitative estimate of drug-likeness (QED) is 0.356. The molecule has 172 valence electrons. The first-order valence-electron chi connectivity index (χ1n) is 10.3. The zero-order chi connectivity index (χ0) is 24.1. The summed E-state index contributed by atoms with van der Waals surface area (Å²) in [5, 5.41) is 5.95. The van der Waals surface area contributed by atoms with Gasteiger partial charge in [0.15, 0.2) is 11.5 Å². The Morgan fingerprint density at radius 3 is 2.38 bits per heavy atom. The van der Waals surface area contributed by atoms with Crippen molar-refractivity contribution >= 4 is 40.2 Å². The number of methoxy groups -OCH3 is 2. The minimum atomic E-state index is -0.582. The number of halogens is 1. The number of amides is 2. The second-order valence-corrected chi connectivity index (χ2v) is 7.20. The van der Waals surface area contributed by atoms with Crippen molar-refractivity contribution in [2.24, 2.45) is 0 Å². The highest BCUT2D eigenvalue weighted by Crippen LogP contribution is 2.32. The molecule has 3 aromatic carbocycles. The summed E-state index contributed by atoms with van der Waals surface area (Å²) in [4.78, 5) is 25.6. The van der Waals surface area contributed by atoms with Crippen LogP contribution in [0.4, 0.5) is 15.8 Å². The molecule has 0 saturated heterocycles. The van der Waals surface area contributed by atoms with E-state index in [1.807, 2.05) is 0 Å². The van der Waals surface area contributed by atoms with E-state index < -0.39 is 17.6 Å². The van der Waals surface area contributed by atoms with E-state index >= 15 is 0 Å². The Hall–Kier alpha value is -4.59. The summed E-state index contributed by atoms with van der Waals surface area (Å²) >= 11 is 0. The lowest BCUT2D eigenvalue weighted by Crippen LogP contribution is -2.15. The molecule has 0 unspecified atom stereocenters. The van der Waals surface area contributed by atoms with Gasteiger partial charge in [0.2, 0.25) is 11.7 Å². The van der Waals surface area contributed by atoms with Crippen LogP contribution in [0.3, 0.4) is 0 Å². The van der Waals surface area contributed by atoms with E-state index in [0.717, 1.165) is 5.56 Å². The Morgan fingerprint density at radius 1 is 0.912 bits per heavy atom. The molecule has 0 atom stereocenters. The second-order valence-electron chi connectivity index (χ2n) is 7.20. The maximum absolute atomic E-state index is 13.2. The van der Waals surface area contributed by atoms with Gasteiger partial charge in [-0.3, -0.25) is 9.59 Å². The van der Waals surface area contributed by atoms with Gasteiger partial charge in [0.05, 0.1) is 14.2 Å². The number of benzene rings is 3. The highest BCUT2D eigenvalue weighted by Gasteiger charge is 2.22. The molecule has 0 bridgehead atoms. The SMILES string of the molecule is COc1ccc(/C=C\C(=O)Nc2c(C(=O)Nc3ccc(F)cc3)oc3ccccc23)cc1OC. The van der Waals surface area contributed by atoms with Gasteiger partial charge in [-0.25, -0.2) is 4.39 Å². The summed E-state index contributed by atoms with van der Waals surface area (Å²) in [6.45, 7) is 0. The number of nitrogens with one attached hydrogen (secondary N) is 2. The minimum Gasteiger partial charge on any atom is -0.493 e. The molecule has 1 aromatic heterocycles. The first-order valence-corrected chi connectivity index (χ1v) is 10.3. The molecule has 4 rings (SSSR count). The summed E-state index contributed by atoms with van der Waals surface area (Å²) in [5.74, 6) is -0.426. The van der Waals surface area contributed by atoms with E-state index in [1.54, 1.807) is 55.7 Å². The average molecular weight is 460 g/mol. The Kier molecular flexibility index (Phi) is 6.59. The molecule has 0 aliphatic carbocycles. The van der Waals surface area contributed by atoms with Crippen LogP contribution in [0.15, 0.2) is 77.2 Å². The summed E-state index contributed by atoms with van der Waals surface area (Å²) in [6.07, 6.45) is 2.95. The fourth-order valence-corrected chi connectivity index (χ4v) is 3.34. The van der Waals surface area contributed by atoms with Crippen LogP contribution in [0.25, 0.3) is 17.0 Å². The smallest absolute Gasteiger partial charge is 0.293 e. The van der Waals surface area contributed by atoms with Crippen molar-refractivity contribution in [1.82, 2.24) is 0 Å². The lowest BCUT2D eigenvalue weighted by atomic mass is 10.1. The van der Waals surface area contributed by atoms with Gasteiger partial charge in [0.25, 0.3) is 5.91 Å². The van der Waals surface area contributed by atoms with Gasteiger partial charge in [-0.15, -0.1) is 0 Å². The van der Waals surface area contributed by atoms with Crippen LogP contribution in [0.5, 0.6) is 11.5 Å². The molecular formula is C26H21FN2O5. The highest BCUT2D eigenvalue weighted by molar-refractivity contribution is 6.16. The molecule has 7 nitrogen and oxygen atoms in total. The maximum Gasteiger partial charge on any atom is 0.293 e. The first-order chi connectivity index (χ1) is 16.5. The number of hydrogen-bond acceptors (Lipinski definition) is 5. The largest absolute Gasteiger partial charge is 0.493 e. The van der Waals surface area contributed by atoms with Crippen LogP contribution < -0.4 is 20.1 Å². The van der Waals surface area contributed by atoms with E-state index in [0.29, 0.717) is 28.2 Å². The zero-order valence-electron chi connectivity index (χ0n) is 18.4. The molecule has 0 aliphatic rings.